The molecule has 4 fully saturated rings. The maximum Gasteiger partial charge on any atom is 0.236 e. The standard InChI is InChI=1S/C33H43NO5/c1-17-11-18(2)25-27-23-24(31(25,5)12-17)19(3)13-30(4)22(35)15-32(28(36)26(23)30)16-33(38-6,34-29(32)37)14-20-7-9-21(39-27)10-8-20/h7-10,13,17-18,22-27,35H,11-12,14-16H2,1-6H3,(H,34,37)/t17-,18+,22+,23+,24-,25+,26+,27+,30-,31+,32+,33-/m1/s1. The summed E-state index contributed by atoms with van der Waals surface area (Å²) in [6.45, 7) is 11.4. The van der Waals surface area contributed by atoms with E-state index < -0.39 is 28.6 Å². The summed E-state index contributed by atoms with van der Waals surface area (Å²) in [4.78, 5) is 29.0. The van der Waals surface area contributed by atoms with Gasteiger partial charge in [-0.3, -0.25) is 9.59 Å². The molecule has 5 bridgehead atoms. The van der Waals surface area contributed by atoms with Gasteiger partial charge in [0.05, 0.1) is 6.10 Å². The molecule has 3 saturated carbocycles. The minimum atomic E-state index is -1.31. The SMILES string of the molecule is CO[C@]12Cc3ccc(cc3)O[C@H]3[C@@H]4[C@H]5C(=O)[C@](C[C@H](O)[C@@]5(C)C=C(C)[C@H]4[C@]4(C)C[C@H](C)C[C@H](C)[C@@H]34)(C1)C(=O)N2. The van der Waals surface area contributed by atoms with Crippen LogP contribution in [0.15, 0.2) is 35.9 Å². The fraction of sp³-hybridized carbons (Fsp3) is 0.697. The molecule has 8 rings (SSSR count). The molecule has 39 heavy (non-hydrogen) atoms. The molecular weight excluding hydrogens is 490 g/mol. The van der Waals surface area contributed by atoms with Gasteiger partial charge in [0.25, 0.3) is 0 Å². The van der Waals surface area contributed by atoms with E-state index in [2.05, 4.69) is 51.2 Å². The number of aliphatic hydroxyl groups excluding tert-OH is 1. The molecule has 7 aliphatic rings. The van der Waals surface area contributed by atoms with Gasteiger partial charge in [-0.1, -0.05) is 51.5 Å². The quantitative estimate of drug-likeness (QED) is 0.404. The number of hydrogen-bond donors (Lipinski definition) is 2. The van der Waals surface area contributed by atoms with E-state index >= 15 is 4.79 Å². The van der Waals surface area contributed by atoms with E-state index in [0.29, 0.717) is 18.3 Å². The van der Waals surface area contributed by atoms with Crippen molar-refractivity contribution in [1.82, 2.24) is 5.32 Å². The van der Waals surface area contributed by atoms with Crippen molar-refractivity contribution in [3.63, 3.8) is 0 Å². The summed E-state index contributed by atoms with van der Waals surface area (Å²) in [5.41, 5.74) is -0.809. The van der Waals surface area contributed by atoms with Gasteiger partial charge in [0.2, 0.25) is 5.91 Å². The summed E-state index contributed by atoms with van der Waals surface area (Å²) < 4.78 is 13.0. The van der Waals surface area contributed by atoms with Gasteiger partial charge in [0, 0.05) is 43.1 Å². The first-order chi connectivity index (χ1) is 18.4. The Kier molecular flexibility index (Phi) is 5.27. The van der Waals surface area contributed by atoms with E-state index in [9.17, 15) is 9.90 Å². The van der Waals surface area contributed by atoms with Crippen LogP contribution in [0.2, 0.25) is 0 Å². The first-order valence-corrected chi connectivity index (χ1v) is 14.9. The van der Waals surface area contributed by atoms with Crippen LogP contribution in [-0.4, -0.2) is 41.8 Å². The van der Waals surface area contributed by atoms with Gasteiger partial charge in [-0.25, -0.2) is 0 Å². The number of hydrogen-bond acceptors (Lipinski definition) is 5. The zero-order valence-corrected chi connectivity index (χ0v) is 24.1. The predicted molar refractivity (Wildman–Crippen MR) is 147 cm³/mol. The third-order valence-electron chi connectivity index (χ3n) is 12.3. The van der Waals surface area contributed by atoms with Gasteiger partial charge >= 0.3 is 0 Å². The largest absolute Gasteiger partial charge is 0.490 e. The van der Waals surface area contributed by atoms with E-state index in [0.717, 1.165) is 24.2 Å². The second-order valence-electron chi connectivity index (χ2n) is 14.7. The molecule has 4 aliphatic carbocycles. The molecule has 3 aliphatic heterocycles. The predicted octanol–water partition coefficient (Wildman–Crippen LogP) is 4.69. The molecule has 6 nitrogen and oxygen atoms in total. The van der Waals surface area contributed by atoms with Gasteiger partial charge in [-0.15, -0.1) is 0 Å². The highest BCUT2D eigenvalue weighted by atomic mass is 16.5. The summed E-state index contributed by atoms with van der Waals surface area (Å²) in [5.74, 6) is 1.34. The summed E-state index contributed by atoms with van der Waals surface area (Å²) >= 11 is 0. The van der Waals surface area contributed by atoms with Crippen molar-refractivity contribution in [2.24, 2.45) is 51.8 Å². The Balaban J connectivity index is 1.49. The number of Topliss-reactive ketones (excluding diaryl/α,β-unsaturated/α-hetero) is 1. The smallest absolute Gasteiger partial charge is 0.236 e. The number of carbonyl (C=O) groups is 2. The number of rotatable bonds is 1. The van der Waals surface area contributed by atoms with Crippen LogP contribution in [0.3, 0.4) is 0 Å². The summed E-state index contributed by atoms with van der Waals surface area (Å²) in [7, 11) is 1.60. The first kappa shape index (κ1) is 25.8. The summed E-state index contributed by atoms with van der Waals surface area (Å²) in [6, 6.07) is 8.19. The molecule has 0 aromatic heterocycles. The average molecular weight is 534 g/mol. The van der Waals surface area contributed by atoms with Crippen LogP contribution < -0.4 is 10.1 Å². The number of amides is 1. The van der Waals surface area contributed by atoms with Crippen LogP contribution in [0.1, 0.15) is 65.9 Å². The fourth-order valence-electron chi connectivity index (χ4n) is 11.2. The lowest BCUT2D eigenvalue weighted by atomic mass is 9.47. The lowest BCUT2D eigenvalue weighted by molar-refractivity contribution is -0.167. The van der Waals surface area contributed by atoms with E-state index in [1.807, 2.05) is 19.1 Å². The third-order valence-corrected chi connectivity index (χ3v) is 12.3. The number of benzene rings is 1. The number of aliphatic hydroxyl groups is 1. The minimum Gasteiger partial charge on any atom is -0.490 e. The normalized spacial score (nSPS) is 51.6. The molecule has 6 heteroatoms. The van der Waals surface area contributed by atoms with Crippen LogP contribution >= 0.6 is 0 Å². The van der Waals surface area contributed by atoms with Crippen molar-refractivity contribution >= 4 is 11.7 Å². The topological polar surface area (TPSA) is 84.9 Å². The Labute approximate surface area is 231 Å². The maximum absolute atomic E-state index is 15.0. The van der Waals surface area contributed by atoms with Crippen molar-refractivity contribution < 1.29 is 24.2 Å². The van der Waals surface area contributed by atoms with E-state index in [4.69, 9.17) is 9.47 Å². The average Bonchev–Trinajstić information content (AvgIpc) is 3.28. The van der Waals surface area contributed by atoms with Crippen molar-refractivity contribution in [1.29, 1.82) is 0 Å². The van der Waals surface area contributed by atoms with Gasteiger partial charge in [0.15, 0.2) is 5.78 Å². The molecule has 1 aromatic carbocycles. The lowest BCUT2D eigenvalue weighted by Crippen LogP contribution is -2.63. The third kappa shape index (κ3) is 3.16. The molecule has 12 atom stereocenters. The Morgan fingerprint density at radius 2 is 1.79 bits per heavy atom. The molecule has 3 heterocycles. The highest BCUT2D eigenvalue weighted by molar-refractivity contribution is 6.10. The second kappa shape index (κ2) is 7.97. The van der Waals surface area contributed by atoms with Gasteiger partial charge in [0.1, 0.15) is 23.0 Å². The Bertz CT molecular complexity index is 1270. The molecule has 1 aromatic rings. The number of nitrogens with one attached hydrogen (secondary N) is 1. The van der Waals surface area contributed by atoms with Crippen LogP contribution in [0.5, 0.6) is 5.75 Å². The minimum absolute atomic E-state index is 0.0236. The molecule has 1 amide bonds. The number of allylic oxidation sites excluding steroid dienone is 1. The molecule has 0 radical (unpaired) electrons. The highest BCUT2D eigenvalue weighted by Crippen LogP contribution is 2.70. The molecule has 0 unspecified atom stereocenters. The maximum atomic E-state index is 15.0. The molecular formula is C33H43NO5. The number of carbonyl (C=O) groups excluding carboxylic acids is 2. The zero-order chi connectivity index (χ0) is 27.7. The van der Waals surface area contributed by atoms with E-state index in [-0.39, 0.29) is 53.8 Å². The molecule has 210 valence electrons. The fourth-order valence-corrected chi connectivity index (χ4v) is 11.2. The molecule has 1 saturated heterocycles. The monoisotopic (exact) mass is 533 g/mol. The van der Waals surface area contributed by atoms with E-state index in [1.165, 1.54) is 5.57 Å². The van der Waals surface area contributed by atoms with Crippen molar-refractivity contribution in [3.8, 4) is 5.75 Å². The van der Waals surface area contributed by atoms with Crippen LogP contribution in [0.25, 0.3) is 0 Å². The number of fused-ring (bicyclic) bond motifs is 4. The van der Waals surface area contributed by atoms with Gasteiger partial charge in [-0.05, 0) is 67.1 Å². The summed E-state index contributed by atoms with van der Waals surface area (Å²) in [5, 5.41) is 15.0. The lowest BCUT2D eigenvalue weighted by Gasteiger charge is -2.56. The van der Waals surface area contributed by atoms with Crippen LogP contribution in [0, 0.1) is 51.8 Å². The Hall–Kier alpha value is -2.18. The second-order valence-corrected chi connectivity index (χ2v) is 14.7. The number of ketones is 1. The first-order valence-electron chi connectivity index (χ1n) is 14.9. The van der Waals surface area contributed by atoms with Crippen molar-refractivity contribution in [2.75, 3.05) is 7.11 Å². The zero-order valence-electron chi connectivity index (χ0n) is 24.1. The summed E-state index contributed by atoms with van der Waals surface area (Å²) in [6.07, 6.45) is 4.26. The van der Waals surface area contributed by atoms with Gasteiger partial charge < -0.3 is 19.9 Å². The molecule has 2 N–H and O–H groups in total. The van der Waals surface area contributed by atoms with Crippen LogP contribution in [0.4, 0.5) is 0 Å². The Morgan fingerprint density at radius 1 is 1.08 bits per heavy atom. The number of ether oxygens (including phenoxy) is 2. The van der Waals surface area contributed by atoms with Crippen molar-refractivity contribution in [3.05, 3.63) is 41.5 Å². The van der Waals surface area contributed by atoms with Gasteiger partial charge in [-0.2, -0.15) is 0 Å². The van der Waals surface area contributed by atoms with Crippen molar-refractivity contribution in [2.45, 2.75) is 84.7 Å². The van der Waals surface area contributed by atoms with Crippen LogP contribution in [-0.2, 0) is 20.7 Å². The highest BCUT2D eigenvalue weighted by Gasteiger charge is 2.74. The number of methoxy groups -OCH3 is 1. The Morgan fingerprint density at radius 3 is 2.49 bits per heavy atom. The molecule has 1 spiro atoms. The van der Waals surface area contributed by atoms with E-state index in [1.54, 1.807) is 7.11 Å².